The first-order chi connectivity index (χ1) is 36.5. The third-order valence-corrected chi connectivity index (χ3v) is 15.1. The molecule has 0 fully saturated rings. The smallest absolute Gasteiger partial charge is 0.305 e. The molecule has 0 bridgehead atoms. The molecule has 74 heavy (non-hydrogen) atoms. The van der Waals surface area contributed by atoms with E-state index in [1.165, 1.54) is 270 Å². The Hall–Kier alpha value is -2.18. The van der Waals surface area contributed by atoms with Crippen LogP contribution in [0.25, 0.3) is 0 Å². The maximum absolute atomic E-state index is 12.5. The molecule has 1 amide bonds. The first kappa shape index (κ1) is 71.8. The van der Waals surface area contributed by atoms with Crippen LogP contribution in [0, 0.1) is 0 Å². The molecule has 2 atom stereocenters. The minimum Gasteiger partial charge on any atom is -0.466 e. The van der Waals surface area contributed by atoms with Gasteiger partial charge in [-0.05, 0) is 89.9 Å². The molecule has 6 nitrogen and oxygen atoms in total. The fraction of sp³-hybridized carbons (Fsp3) is 0.853. The van der Waals surface area contributed by atoms with Gasteiger partial charge in [0.05, 0.1) is 25.4 Å². The van der Waals surface area contributed by atoms with Crippen LogP contribution < -0.4 is 5.32 Å². The molecular weight excluding hydrogens is 911 g/mol. The van der Waals surface area contributed by atoms with Gasteiger partial charge in [-0.1, -0.05) is 294 Å². The number of carbonyl (C=O) groups is 2. The van der Waals surface area contributed by atoms with Crippen LogP contribution in [0.3, 0.4) is 0 Å². The molecule has 0 aromatic carbocycles. The quantitative estimate of drug-likeness (QED) is 0.0320. The minimum atomic E-state index is -0.846. The van der Waals surface area contributed by atoms with Gasteiger partial charge in [0.25, 0.3) is 0 Å². The van der Waals surface area contributed by atoms with Gasteiger partial charge in [-0.15, -0.1) is 0 Å². The molecule has 0 rings (SSSR count). The summed E-state index contributed by atoms with van der Waals surface area (Å²) in [4.78, 5) is 24.5. The van der Waals surface area contributed by atoms with Crippen LogP contribution in [-0.2, 0) is 14.3 Å². The van der Waals surface area contributed by atoms with E-state index in [0.717, 1.165) is 51.4 Å². The Morgan fingerprint density at radius 2 is 0.676 bits per heavy atom. The van der Waals surface area contributed by atoms with E-state index in [1.807, 2.05) is 6.08 Å². The second-order valence-corrected chi connectivity index (χ2v) is 22.4. The van der Waals surface area contributed by atoms with Crippen molar-refractivity contribution < 1.29 is 24.5 Å². The van der Waals surface area contributed by atoms with Crippen LogP contribution in [0.2, 0.25) is 0 Å². The predicted molar refractivity (Wildman–Crippen MR) is 324 cm³/mol. The lowest BCUT2D eigenvalue weighted by Crippen LogP contribution is -2.45. The topological polar surface area (TPSA) is 95.9 Å². The molecule has 0 heterocycles. The summed E-state index contributed by atoms with van der Waals surface area (Å²) in [5.74, 6) is -0.0632. The Morgan fingerprint density at radius 3 is 1.07 bits per heavy atom. The number of allylic oxidation sites excluding steroid dienone is 7. The number of ether oxygens (including phenoxy) is 1. The lowest BCUT2D eigenvalue weighted by atomic mass is 10.0. The maximum Gasteiger partial charge on any atom is 0.305 e. The van der Waals surface area contributed by atoms with Crippen molar-refractivity contribution in [1.29, 1.82) is 0 Å². The highest BCUT2D eigenvalue weighted by Crippen LogP contribution is 2.17. The fourth-order valence-corrected chi connectivity index (χ4v) is 10.0. The molecule has 0 aliphatic heterocycles. The summed E-state index contributed by atoms with van der Waals surface area (Å²) < 4.78 is 5.49. The molecule has 0 aliphatic carbocycles. The molecule has 2 unspecified atom stereocenters. The van der Waals surface area contributed by atoms with Crippen LogP contribution in [0.5, 0.6) is 0 Å². The molecule has 0 aromatic rings. The second-order valence-electron chi connectivity index (χ2n) is 22.4. The summed E-state index contributed by atoms with van der Waals surface area (Å²) in [6.07, 6.45) is 81.7. The standard InChI is InChI=1S/C68H127NO5/c1-3-5-7-9-11-13-15-17-19-30-34-38-42-46-50-54-58-62-68(73)74-63-59-55-51-47-43-39-35-32-29-27-25-23-21-20-22-24-26-28-31-33-37-41-45-49-53-57-61-67(72)69-65(64-70)66(71)60-56-52-48-44-40-36-18-16-14-12-10-8-6-4-2/h11,13,17,19-20,22,56,60,65-66,70-71H,3-10,12,14-16,18,21,23-55,57-59,61-64H2,1-2H3,(H,69,72)/b13-11-,19-17-,22-20-,60-56+. The zero-order valence-corrected chi connectivity index (χ0v) is 49.6. The van der Waals surface area contributed by atoms with Gasteiger partial charge in [0, 0.05) is 12.8 Å². The third-order valence-electron chi connectivity index (χ3n) is 15.1. The highest BCUT2D eigenvalue weighted by molar-refractivity contribution is 5.76. The molecule has 0 radical (unpaired) electrons. The first-order valence-electron chi connectivity index (χ1n) is 32.9. The average molecular weight is 1040 g/mol. The number of aliphatic hydroxyl groups is 2. The van der Waals surface area contributed by atoms with E-state index in [1.54, 1.807) is 6.08 Å². The van der Waals surface area contributed by atoms with Crippen molar-refractivity contribution in [2.75, 3.05) is 13.2 Å². The molecule has 3 N–H and O–H groups in total. The number of aliphatic hydroxyl groups excluding tert-OH is 2. The molecule has 434 valence electrons. The van der Waals surface area contributed by atoms with Crippen molar-refractivity contribution in [3.63, 3.8) is 0 Å². The van der Waals surface area contributed by atoms with Crippen LogP contribution in [0.15, 0.2) is 48.6 Å². The number of unbranched alkanes of at least 4 members (excludes halogenated alkanes) is 44. The third kappa shape index (κ3) is 59.1. The van der Waals surface area contributed by atoms with E-state index in [4.69, 9.17) is 4.74 Å². The van der Waals surface area contributed by atoms with Crippen molar-refractivity contribution in [2.45, 2.75) is 360 Å². The molecule has 0 saturated heterocycles. The number of carbonyl (C=O) groups excluding carboxylic acids is 2. The summed E-state index contributed by atoms with van der Waals surface area (Å²) in [5.41, 5.74) is 0. The van der Waals surface area contributed by atoms with Crippen LogP contribution in [0.1, 0.15) is 348 Å². The summed E-state index contributed by atoms with van der Waals surface area (Å²) in [6, 6.07) is -0.629. The highest BCUT2D eigenvalue weighted by Gasteiger charge is 2.18. The van der Waals surface area contributed by atoms with Crippen molar-refractivity contribution in [2.24, 2.45) is 0 Å². The van der Waals surface area contributed by atoms with Gasteiger partial charge in [-0.3, -0.25) is 9.59 Å². The van der Waals surface area contributed by atoms with Crippen LogP contribution in [0.4, 0.5) is 0 Å². The molecular formula is C68H127NO5. The van der Waals surface area contributed by atoms with Crippen molar-refractivity contribution in [1.82, 2.24) is 5.32 Å². The Kier molecular flexibility index (Phi) is 61.5. The first-order valence-corrected chi connectivity index (χ1v) is 32.9. The van der Waals surface area contributed by atoms with Crippen molar-refractivity contribution in [3.8, 4) is 0 Å². The SMILES string of the molecule is CCCCC/C=C\C/C=C\CCCCCCCCCC(=O)OCCCCCCCCCCCCCC/C=C\CCCCCCCCCCCCC(=O)NC(CO)C(O)/C=C/CCCCCCCCCCCCCC. The molecule has 0 aliphatic rings. The largest absolute Gasteiger partial charge is 0.466 e. The van der Waals surface area contributed by atoms with Gasteiger partial charge < -0.3 is 20.3 Å². The van der Waals surface area contributed by atoms with Gasteiger partial charge in [0.1, 0.15) is 0 Å². The van der Waals surface area contributed by atoms with Crippen LogP contribution in [-0.4, -0.2) is 47.4 Å². The Balaban J connectivity index is 3.40. The van der Waals surface area contributed by atoms with E-state index >= 15 is 0 Å². The van der Waals surface area contributed by atoms with E-state index in [2.05, 4.69) is 55.6 Å². The minimum absolute atomic E-state index is 0.00600. The van der Waals surface area contributed by atoms with Crippen molar-refractivity contribution >= 4 is 11.9 Å². The number of hydrogen-bond donors (Lipinski definition) is 3. The number of hydrogen-bond acceptors (Lipinski definition) is 5. The average Bonchev–Trinajstić information content (AvgIpc) is 3.40. The number of amides is 1. The maximum atomic E-state index is 12.5. The second kappa shape index (κ2) is 63.4. The number of nitrogens with one attached hydrogen (secondary N) is 1. The fourth-order valence-electron chi connectivity index (χ4n) is 10.0. The number of esters is 1. The molecule has 0 spiro atoms. The molecule has 6 heteroatoms. The zero-order valence-electron chi connectivity index (χ0n) is 49.6. The summed E-state index contributed by atoms with van der Waals surface area (Å²) in [5, 5.41) is 23.1. The van der Waals surface area contributed by atoms with Gasteiger partial charge in [0.15, 0.2) is 0 Å². The van der Waals surface area contributed by atoms with Gasteiger partial charge in [0.2, 0.25) is 5.91 Å². The van der Waals surface area contributed by atoms with E-state index in [0.29, 0.717) is 19.4 Å². The van der Waals surface area contributed by atoms with Gasteiger partial charge in [-0.2, -0.15) is 0 Å². The summed E-state index contributed by atoms with van der Waals surface area (Å²) >= 11 is 0. The molecule has 0 saturated carbocycles. The summed E-state index contributed by atoms with van der Waals surface area (Å²) in [6.45, 7) is 4.89. The lowest BCUT2D eigenvalue weighted by molar-refractivity contribution is -0.143. The van der Waals surface area contributed by atoms with E-state index in [9.17, 15) is 19.8 Å². The predicted octanol–water partition coefficient (Wildman–Crippen LogP) is 20.9. The summed E-state index contributed by atoms with van der Waals surface area (Å²) in [7, 11) is 0. The highest BCUT2D eigenvalue weighted by atomic mass is 16.5. The van der Waals surface area contributed by atoms with Crippen LogP contribution >= 0.6 is 0 Å². The normalized spacial score (nSPS) is 12.9. The molecule has 0 aromatic heterocycles. The Morgan fingerprint density at radius 1 is 0.378 bits per heavy atom. The zero-order chi connectivity index (χ0) is 53.6. The van der Waals surface area contributed by atoms with E-state index in [-0.39, 0.29) is 18.5 Å². The van der Waals surface area contributed by atoms with Gasteiger partial charge >= 0.3 is 5.97 Å². The monoisotopic (exact) mass is 1040 g/mol. The van der Waals surface area contributed by atoms with E-state index < -0.39 is 12.1 Å². The number of rotatable bonds is 61. The van der Waals surface area contributed by atoms with Gasteiger partial charge in [-0.25, -0.2) is 0 Å². The Bertz CT molecular complexity index is 1240. The lowest BCUT2D eigenvalue weighted by Gasteiger charge is -2.20. The van der Waals surface area contributed by atoms with Crippen molar-refractivity contribution in [3.05, 3.63) is 48.6 Å². The Labute approximate surface area is 461 Å².